The lowest BCUT2D eigenvalue weighted by Crippen LogP contribution is -1.90. The zero-order valence-electron chi connectivity index (χ0n) is 71.7. The summed E-state index contributed by atoms with van der Waals surface area (Å²) in [6.45, 7) is 66.0. The van der Waals surface area contributed by atoms with Gasteiger partial charge in [-0.1, -0.05) is 422 Å². The molecule has 5 heterocycles. The second kappa shape index (κ2) is 101. The topological polar surface area (TPSA) is 113 Å². The molecule has 103 heavy (non-hydrogen) atoms. The number of H-pyrrole nitrogens is 1. The van der Waals surface area contributed by atoms with Crippen molar-refractivity contribution in [2.45, 2.75) is 234 Å². The molecule has 5 N–H and O–H groups in total. The number of nitrogens with one attached hydrogen (secondary N) is 3. The first-order chi connectivity index (χ1) is 51.1. The van der Waals surface area contributed by atoms with Crippen molar-refractivity contribution in [1.29, 1.82) is 5.41 Å². The van der Waals surface area contributed by atoms with Crippen LogP contribution in [0.25, 0.3) is 43.5 Å². The highest BCUT2D eigenvalue weighted by molar-refractivity contribution is 5.85. The van der Waals surface area contributed by atoms with Crippen molar-refractivity contribution in [2.75, 3.05) is 24.2 Å². The molecule has 576 valence electrons. The number of rotatable bonds is 1. The van der Waals surface area contributed by atoms with Crippen LogP contribution in [0.1, 0.15) is 238 Å². The fourth-order valence-electron chi connectivity index (χ4n) is 7.44. The number of para-hydroxylation sites is 6. The van der Waals surface area contributed by atoms with Gasteiger partial charge in [-0.2, -0.15) is 0 Å². The monoisotopic (exact) mass is 1410 g/mol. The largest absolute Gasteiger partial charge is 0.493 e. The smallest absolute Gasteiger partial charge is 0.133 e. The van der Waals surface area contributed by atoms with Crippen LogP contribution < -0.4 is 15.8 Å². The van der Waals surface area contributed by atoms with Gasteiger partial charge in [-0.25, -0.2) is 0 Å². The van der Waals surface area contributed by atoms with Crippen LogP contribution in [0.2, 0.25) is 0 Å². The minimum atomic E-state index is 0.660. The Bertz CT molecular complexity index is 2950. The summed E-state index contributed by atoms with van der Waals surface area (Å²) in [6, 6.07) is 84.9. The van der Waals surface area contributed by atoms with E-state index in [1.165, 1.54) is 56.5 Å². The Kier molecular flexibility index (Phi) is 113. The number of hydrogen-bond donors (Lipinski definition) is 4. The number of aromatic nitrogens is 2. The fourth-order valence-corrected chi connectivity index (χ4v) is 7.44. The van der Waals surface area contributed by atoms with E-state index in [1.807, 2.05) is 373 Å². The lowest BCUT2D eigenvalue weighted by molar-refractivity contribution is 0.357. The van der Waals surface area contributed by atoms with E-state index < -0.39 is 0 Å². The van der Waals surface area contributed by atoms with E-state index in [-0.39, 0.29) is 0 Å². The zero-order valence-corrected chi connectivity index (χ0v) is 71.7. The number of pyridine rings is 1. The van der Waals surface area contributed by atoms with E-state index in [4.69, 9.17) is 20.3 Å². The standard InChI is InChI=1S/C10H8.C9H7N.C8H9N.C8H7N.C8H8O.C8H6O.C7H8N2.C6H6.16C2H6/c1-2-6-10-8-4-3-7-9(10)5-1;1-2-6-9-8(4-1)5-3-7-10-9;4*1-2-4-8-7(3-1)5-6-9-8;8-5-6-3-1-2-4-7(6)9;1-2-4-6-5-3-1;16*1-2/h1-8H;1-7H;1-4,9H,5-6H2;1-6,9H;1-4H,5-6H2;1-6H;1-5,8H,9H2;1-6H;16*1-2H3. The van der Waals surface area contributed by atoms with E-state index in [2.05, 4.69) is 124 Å². The Morgan fingerprint density at radius 3 is 1.17 bits per heavy atom. The summed E-state index contributed by atoms with van der Waals surface area (Å²) < 4.78 is 10.4. The molecule has 0 spiro atoms. The molecule has 0 bridgehead atoms. The number of nitrogen functional groups attached to an aromatic ring is 1. The molecule has 0 radical (unpaired) electrons. The minimum absolute atomic E-state index is 0.660. The van der Waals surface area contributed by atoms with Crippen LogP contribution in [0, 0.1) is 5.41 Å². The van der Waals surface area contributed by atoms with Crippen molar-refractivity contribution in [2.24, 2.45) is 0 Å². The van der Waals surface area contributed by atoms with Crippen molar-refractivity contribution < 1.29 is 9.15 Å². The lowest BCUT2D eigenvalue weighted by atomic mass is 10.1. The van der Waals surface area contributed by atoms with E-state index >= 15 is 0 Å². The first kappa shape index (κ1) is 115. The number of nitrogens with zero attached hydrogens (tertiary/aromatic N) is 1. The highest BCUT2D eigenvalue weighted by Gasteiger charge is 2.08. The summed E-state index contributed by atoms with van der Waals surface area (Å²) in [5, 5.41) is 16.4. The lowest BCUT2D eigenvalue weighted by Gasteiger charge is -1.94. The van der Waals surface area contributed by atoms with E-state index in [1.54, 1.807) is 12.3 Å². The maximum Gasteiger partial charge on any atom is 0.133 e. The Morgan fingerprint density at radius 2 is 0.738 bits per heavy atom. The van der Waals surface area contributed by atoms with Crippen LogP contribution in [0.4, 0.5) is 11.4 Å². The van der Waals surface area contributed by atoms with Crippen LogP contribution in [0.15, 0.2) is 278 Å². The third-order valence-corrected chi connectivity index (χ3v) is 11.1. The van der Waals surface area contributed by atoms with Gasteiger partial charge in [0.1, 0.15) is 11.3 Å². The molecular formula is C96H155N5O2. The van der Waals surface area contributed by atoms with Gasteiger partial charge >= 0.3 is 0 Å². The number of hydrogen-bond acceptors (Lipinski definition) is 6. The number of benzene rings is 9. The van der Waals surface area contributed by atoms with Crippen LogP contribution in [-0.4, -0.2) is 29.3 Å². The molecule has 14 rings (SSSR count). The normalized spacial score (nSPS) is 8.47. The van der Waals surface area contributed by atoms with Crippen LogP contribution in [0.3, 0.4) is 0 Å². The molecule has 3 aromatic heterocycles. The molecule has 7 heteroatoms. The summed E-state index contributed by atoms with van der Waals surface area (Å²) in [5.74, 6) is 1.07. The van der Waals surface area contributed by atoms with Gasteiger partial charge in [0.2, 0.25) is 0 Å². The number of ether oxygens (including phenoxy) is 1. The number of aromatic amines is 1. The summed E-state index contributed by atoms with van der Waals surface area (Å²) in [6.07, 6.45) is 8.97. The molecule has 0 saturated heterocycles. The number of fused-ring (bicyclic) bond motifs is 6. The van der Waals surface area contributed by atoms with Crippen molar-refractivity contribution >= 4 is 61.1 Å². The third-order valence-electron chi connectivity index (χ3n) is 11.1. The van der Waals surface area contributed by atoms with Gasteiger partial charge in [-0.3, -0.25) is 4.98 Å². The van der Waals surface area contributed by atoms with Crippen LogP contribution >= 0.6 is 0 Å². The highest BCUT2D eigenvalue weighted by Crippen LogP contribution is 2.23. The Balaban J connectivity index is -0.000000114. The van der Waals surface area contributed by atoms with E-state index in [9.17, 15) is 0 Å². The Morgan fingerprint density at radius 1 is 0.350 bits per heavy atom. The van der Waals surface area contributed by atoms with Gasteiger partial charge in [0.15, 0.2) is 0 Å². The van der Waals surface area contributed by atoms with Gasteiger partial charge in [-0.15, -0.1) is 0 Å². The van der Waals surface area contributed by atoms with Crippen LogP contribution in [-0.2, 0) is 12.8 Å². The van der Waals surface area contributed by atoms with Gasteiger partial charge in [0.05, 0.1) is 18.4 Å². The number of furan rings is 1. The van der Waals surface area contributed by atoms with Gasteiger partial charge in [-0.05, 0) is 88.3 Å². The Labute approximate surface area is 636 Å². The maximum atomic E-state index is 6.88. The molecule has 2 aliphatic heterocycles. The van der Waals surface area contributed by atoms with E-state index in [0.717, 1.165) is 47.4 Å². The molecule has 0 amide bonds. The summed E-state index contributed by atoms with van der Waals surface area (Å²) in [7, 11) is 0. The summed E-state index contributed by atoms with van der Waals surface area (Å²) >= 11 is 0. The summed E-state index contributed by atoms with van der Waals surface area (Å²) in [5.41, 5.74) is 14.3. The molecule has 9 aromatic carbocycles. The van der Waals surface area contributed by atoms with Gasteiger partial charge in [0, 0.05) is 64.8 Å². The molecule has 2 aliphatic rings. The molecule has 0 unspecified atom stereocenters. The van der Waals surface area contributed by atoms with Gasteiger partial charge < -0.3 is 30.6 Å². The average Bonchev–Trinajstić information content (AvgIpc) is 1.52. The van der Waals surface area contributed by atoms with Crippen molar-refractivity contribution in [1.82, 2.24) is 9.97 Å². The Hall–Kier alpha value is -9.20. The molecule has 0 saturated carbocycles. The second-order valence-electron chi connectivity index (χ2n) is 16.0. The molecule has 0 aliphatic carbocycles. The first-order valence-corrected chi connectivity index (χ1v) is 39.7. The van der Waals surface area contributed by atoms with Gasteiger partial charge in [0.25, 0.3) is 0 Å². The predicted octanol–water partition coefficient (Wildman–Crippen LogP) is 32.3. The second-order valence-corrected chi connectivity index (χ2v) is 16.0. The third kappa shape index (κ3) is 59.1. The molecule has 0 atom stereocenters. The minimum Gasteiger partial charge on any atom is -0.493 e. The molecule has 12 aromatic rings. The fraction of sp³-hybridized carbons (Fsp3) is 0.375. The quantitative estimate of drug-likeness (QED) is 0.0966. The summed E-state index contributed by atoms with van der Waals surface area (Å²) in [4.78, 5) is 7.30. The van der Waals surface area contributed by atoms with E-state index in [0.29, 0.717) is 5.69 Å². The number of nitrogens with two attached hydrogens (primary N) is 1. The average molecular weight is 1410 g/mol. The highest BCUT2D eigenvalue weighted by atomic mass is 16.5. The molecular weight excluding hydrogens is 1260 g/mol. The predicted molar refractivity (Wildman–Crippen MR) is 481 cm³/mol. The van der Waals surface area contributed by atoms with Crippen molar-refractivity contribution in [3.05, 3.63) is 290 Å². The van der Waals surface area contributed by atoms with Crippen molar-refractivity contribution in [3.63, 3.8) is 0 Å². The zero-order chi connectivity index (χ0) is 81.0. The van der Waals surface area contributed by atoms with Crippen LogP contribution in [0.5, 0.6) is 5.75 Å². The molecule has 7 nitrogen and oxygen atoms in total. The number of anilines is 2. The SMILES string of the molecule is CC.CC.CC.CC.CC.CC.CC.CC.CC.CC.CC.CC.CC.CC.CC.CC.N=Cc1ccccc1N.c1ccc2[nH]ccc2c1.c1ccc2c(c1)CCN2.c1ccc2c(c1)CCO2.c1ccc2ccccc2c1.c1ccc2ncccc2c1.c1ccc2occc2c1.c1ccccc1. The maximum absolute atomic E-state index is 6.88. The molecule has 0 fully saturated rings. The van der Waals surface area contributed by atoms with Crippen molar-refractivity contribution in [3.8, 4) is 5.75 Å². The first-order valence-electron chi connectivity index (χ1n) is 39.7.